The summed E-state index contributed by atoms with van der Waals surface area (Å²) in [7, 11) is 0. The second-order valence-electron chi connectivity index (χ2n) is 1.93. The van der Waals surface area contributed by atoms with Crippen LogP contribution < -0.4 is 0 Å². The van der Waals surface area contributed by atoms with Crippen molar-refractivity contribution < 1.29 is 9.90 Å². The molecule has 59 valence electrons. The first-order valence-corrected chi connectivity index (χ1v) is 3.55. The van der Waals surface area contributed by atoms with Crippen LogP contribution in [-0.4, -0.2) is 40.6 Å². The third-order valence-corrected chi connectivity index (χ3v) is 1.71. The fourth-order valence-corrected chi connectivity index (χ4v) is 1.15. The van der Waals surface area contributed by atoms with Crippen LogP contribution in [0.5, 0.6) is 0 Å². The van der Waals surface area contributed by atoms with Crippen molar-refractivity contribution in [3.05, 3.63) is 33.8 Å². The Labute approximate surface area is 102 Å². The summed E-state index contributed by atoms with van der Waals surface area (Å²) in [6, 6.07) is 4.25. The fourth-order valence-electron chi connectivity index (χ4n) is 0.663. The molecule has 0 saturated carbocycles. The van der Waals surface area contributed by atoms with Gasteiger partial charge in [0.1, 0.15) is 0 Å². The van der Waals surface area contributed by atoms with E-state index in [-0.39, 0.29) is 40.1 Å². The van der Waals surface area contributed by atoms with Crippen LogP contribution in [0.3, 0.4) is 0 Å². The van der Waals surface area contributed by atoms with E-state index in [1.807, 2.05) is 0 Å². The molecule has 1 rings (SSSR count). The predicted molar refractivity (Wildman–Crippen MR) is 49.2 cm³/mol. The van der Waals surface area contributed by atoms with Gasteiger partial charge < -0.3 is 5.11 Å². The van der Waals surface area contributed by atoms with Gasteiger partial charge >= 0.3 is 5.97 Å². The molecule has 0 atom stereocenters. The molecule has 0 fully saturated rings. The number of rotatable bonds is 1. The molecule has 0 amide bonds. The van der Waals surface area contributed by atoms with Gasteiger partial charge in [-0.15, -0.1) is 0 Å². The molecule has 0 aromatic heterocycles. The van der Waals surface area contributed by atoms with Gasteiger partial charge in [-0.05, 0) is 18.2 Å². The maximum absolute atomic E-state index is 10.4. The molecule has 5 heteroatoms. The molecule has 0 heterocycles. The molecule has 0 aliphatic heterocycles. The summed E-state index contributed by atoms with van der Waals surface area (Å²) in [5.74, 6) is -1.05. The molecule has 0 saturated heterocycles. The summed E-state index contributed by atoms with van der Waals surface area (Å²) in [5.41, 5.74) is 0.0658. The first-order valence-electron chi connectivity index (χ1n) is 2.79. The quantitative estimate of drug-likeness (QED) is 0.728. The summed E-state index contributed by atoms with van der Waals surface area (Å²) in [4.78, 5) is 10.4. The molecule has 1 N–H and O–H groups in total. The van der Waals surface area contributed by atoms with Gasteiger partial charge in [0.25, 0.3) is 0 Å². The fraction of sp³-hybridized carbons (Fsp3) is 0. The average Bonchev–Trinajstić information content (AvgIpc) is 1.85. The van der Waals surface area contributed by atoms with Gasteiger partial charge in [-0.2, -0.15) is 0 Å². The average molecular weight is 214 g/mol. The number of carboxylic acids is 1. The second-order valence-corrected chi connectivity index (χ2v) is 2.77. The first-order chi connectivity index (χ1) is 5.11. The topological polar surface area (TPSA) is 37.3 Å². The number of hydrogen-bond donors (Lipinski definition) is 1. The number of benzene rings is 1. The molecular weight excluding hydrogens is 210 g/mol. The zero-order valence-corrected chi connectivity index (χ0v) is 9.86. The van der Waals surface area contributed by atoms with E-state index in [0.717, 1.165) is 0 Å². The molecule has 2 nitrogen and oxygen atoms in total. The third kappa shape index (κ3) is 2.96. The van der Waals surface area contributed by atoms with Crippen molar-refractivity contribution in [3.63, 3.8) is 0 Å². The molecule has 0 bridgehead atoms. The van der Waals surface area contributed by atoms with Gasteiger partial charge in [0.15, 0.2) is 0 Å². The molecule has 1 aromatic carbocycles. The van der Waals surface area contributed by atoms with Crippen LogP contribution in [0.4, 0.5) is 0 Å². The van der Waals surface area contributed by atoms with Crippen LogP contribution in [0.1, 0.15) is 10.4 Å². The molecule has 1 radical (unpaired) electrons. The molecule has 0 spiro atoms. The van der Waals surface area contributed by atoms with Gasteiger partial charge in [-0.3, -0.25) is 0 Å². The van der Waals surface area contributed by atoms with Crippen LogP contribution in [0.15, 0.2) is 18.2 Å². The van der Waals surface area contributed by atoms with E-state index >= 15 is 0 Å². The Balaban J connectivity index is 0.00000121. The van der Waals surface area contributed by atoms with Crippen molar-refractivity contribution in [1.29, 1.82) is 0 Å². The van der Waals surface area contributed by atoms with Gasteiger partial charge in [0.2, 0.25) is 0 Å². The summed E-state index contributed by atoms with van der Waals surface area (Å²) < 4.78 is 0. The van der Waals surface area contributed by atoms with E-state index in [0.29, 0.717) is 5.02 Å². The molecule has 0 unspecified atom stereocenters. The van der Waals surface area contributed by atoms with E-state index in [9.17, 15) is 4.79 Å². The van der Waals surface area contributed by atoms with Gasteiger partial charge in [0, 0.05) is 34.6 Å². The monoisotopic (exact) mass is 213 g/mol. The van der Waals surface area contributed by atoms with Crippen molar-refractivity contribution in [2.75, 3.05) is 0 Å². The Morgan fingerprint density at radius 2 is 1.92 bits per heavy atom. The molecule has 0 aliphatic carbocycles. The van der Waals surface area contributed by atoms with E-state index in [4.69, 9.17) is 28.3 Å². The molecular formula is C7H4Cl2NaO2. The van der Waals surface area contributed by atoms with Crippen molar-refractivity contribution >= 4 is 58.7 Å². The summed E-state index contributed by atoms with van der Waals surface area (Å²) in [5, 5.41) is 9.12. The van der Waals surface area contributed by atoms with Gasteiger partial charge in [0.05, 0.1) is 10.6 Å². The van der Waals surface area contributed by atoms with Crippen molar-refractivity contribution in [2.24, 2.45) is 0 Å². The van der Waals surface area contributed by atoms with Crippen molar-refractivity contribution in [1.82, 2.24) is 0 Å². The number of hydrogen-bond acceptors (Lipinski definition) is 1. The molecule has 12 heavy (non-hydrogen) atoms. The minimum absolute atomic E-state index is 0. The zero-order valence-electron chi connectivity index (χ0n) is 6.34. The SMILES string of the molecule is O=C(O)c1ccc(Cl)cc1Cl.[Na]. The standard InChI is InChI=1S/C7H4Cl2O2.Na/c8-4-1-2-5(7(10)11)6(9)3-4;/h1-3H,(H,10,11);. The van der Waals surface area contributed by atoms with Crippen molar-refractivity contribution in [2.45, 2.75) is 0 Å². The predicted octanol–water partition coefficient (Wildman–Crippen LogP) is 2.31. The summed E-state index contributed by atoms with van der Waals surface area (Å²) in [6.45, 7) is 0. The third-order valence-electron chi connectivity index (χ3n) is 1.16. The van der Waals surface area contributed by atoms with E-state index in [1.54, 1.807) is 0 Å². The number of carboxylic acid groups (broad SMARTS) is 1. The maximum Gasteiger partial charge on any atom is 0.337 e. The zero-order chi connectivity index (χ0) is 8.43. The first kappa shape index (κ1) is 12.3. The van der Waals surface area contributed by atoms with Gasteiger partial charge in [-0.1, -0.05) is 23.2 Å². The van der Waals surface area contributed by atoms with Crippen molar-refractivity contribution in [3.8, 4) is 0 Å². The Kier molecular flexibility index (Phi) is 5.21. The Bertz CT molecular complexity index is 301. The van der Waals surface area contributed by atoms with Crippen LogP contribution in [-0.2, 0) is 0 Å². The van der Waals surface area contributed by atoms with E-state index < -0.39 is 5.97 Å². The summed E-state index contributed by atoms with van der Waals surface area (Å²) >= 11 is 11.1. The number of halogens is 2. The van der Waals surface area contributed by atoms with Crippen LogP contribution >= 0.6 is 23.2 Å². The number of carbonyl (C=O) groups is 1. The Morgan fingerprint density at radius 1 is 1.33 bits per heavy atom. The number of aromatic carboxylic acids is 1. The minimum atomic E-state index is -1.05. The normalized spacial score (nSPS) is 8.83. The van der Waals surface area contributed by atoms with Crippen LogP contribution in [0.2, 0.25) is 10.0 Å². The smallest absolute Gasteiger partial charge is 0.337 e. The largest absolute Gasteiger partial charge is 0.478 e. The van der Waals surface area contributed by atoms with E-state index in [2.05, 4.69) is 0 Å². The Morgan fingerprint density at radius 3 is 2.33 bits per heavy atom. The minimum Gasteiger partial charge on any atom is -0.478 e. The van der Waals surface area contributed by atoms with Crippen LogP contribution in [0, 0.1) is 0 Å². The maximum atomic E-state index is 10.4. The molecule has 1 aromatic rings. The summed E-state index contributed by atoms with van der Waals surface area (Å²) in [6.07, 6.45) is 0. The molecule has 0 aliphatic rings. The van der Waals surface area contributed by atoms with Crippen LogP contribution in [0.25, 0.3) is 0 Å². The second kappa shape index (κ2) is 5.10. The van der Waals surface area contributed by atoms with E-state index in [1.165, 1.54) is 18.2 Å². The van der Waals surface area contributed by atoms with Gasteiger partial charge in [-0.25, -0.2) is 4.79 Å². The Hall–Kier alpha value is 0.270.